The van der Waals surface area contributed by atoms with Gasteiger partial charge in [0.2, 0.25) is 0 Å². The molecule has 1 fully saturated rings. The van der Waals surface area contributed by atoms with Gasteiger partial charge in [0.15, 0.2) is 6.04 Å². The van der Waals surface area contributed by atoms with Crippen LogP contribution < -0.4 is 0 Å². The molecular formula is C10H15NO3. The number of fused-ring (bicyclic) bond motifs is 1. The summed E-state index contributed by atoms with van der Waals surface area (Å²) in [7, 11) is 1.38. The van der Waals surface area contributed by atoms with Crippen molar-refractivity contribution in [3.05, 3.63) is 0 Å². The predicted molar refractivity (Wildman–Crippen MR) is 51.4 cm³/mol. The molecule has 0 aromatic heterocycles. The first-order valence-corrected chi connectivity index (χ1v) is 5.07. The highest BCUT2D eigenvalue weighted by atomic mass is 16.5. The smallest absolute Gasteiger partial charge is 0.333 e. The van der Waals surface area contributed by atoms with Crippen LogP contribution in [0.1, 0.15) is 25.7 Å². The zero-order valence-electron chi connectivity index (χ0n) is 8.36. The summed E-state index contributed by atoms with van der Waals surface area (Å²) in [6.45, 7) is 0.376. The molecule has 0 spiro atoms. The van der Waals surface area contributed by atoms with Crippen molar-refractivity contribution in [2.24, 2.45) is 4.99 Å². The lowest BCUT2D eigenvalue weighted by Gasteiger charge is -2.30. The second kappa shape index (κ2) is 4.09. The SMILES string of the molecule is COC(=O)C1COC2CCCCC2=N1. The largest absolute Gasteiger partial charge is 0.467 e. The molecule has 78 valence electrons. The second-order valence-corrected chi connectivity index (χ2v) is 3.73. The average Bonchev–Trinajstić information content (AvgIpc) is 2.27. The Morgan fingerprint density at radius 1 is 1.57 bits per heavy atom. The van der Waals surface area contributed by atoms with Crippen molar-refractivity contribution < 1.29 is 14.3 Å². The van der Waals surface area contributed by atoms with E-state index in [0.717, 1.165) is 25.0 Å². The van der Waals surface area contributed by atoms with Crippen LogP contribution in [0, 0.1) is 0 Å². The standard InChI is InChI=1S/C10H15NO3/c1-13-10(12)8-6-14-9-5-3-2-4-7(9)11-8/h8-9H,2-6H2,1H3. The number of aliphatic imine (C=N–C) groups is 1. The van der Waals surface area contributed by atoms with E-state index in [2.05, 4.69) is 9.73 Å². The molecule has 1 saturated carbocycles. The number of ether oxygens (including phenoxy) is 2. The topological polar surface area (TPSA) is 47.9 Å². The van der Waals surface area contributed by atoms with E-state index in [1.54, 1.807) is 0 Å². The van der Waals surface area contributed by atoms with E-state index in [4.69, 9.17) is 4.74 Å². The minimum absolute atomic E-state index is 0.171. The molecule has 0 aromatic carbocycles. The van der Waals surface area contributed by atoms with E-state index >= 15 is 0 Å². The number of hydrogen-bond acceptors (Lipinski definition) is 4. The van der Waals surface area contributed by atoms with E-state index in [0.29, 0.717) is 6.61 Å². The minimum Gasteiger partial charge on any atom is -0.467 e. The summed E-state index contributed by atoms with van der Waals surface area (Å²) in [4.78, 5) is 15.6. The molecule has 2 rings (SSSR count). The Bertz CT molecular complexity index is 262. The lowest BCUT2D eigenvalue weighted by atomic mass is 9.94. The van der Waals surface area contributed by atoms with Crippen LogP contribution in [0.2, 0.25) is 0 Å². The first-order chi connectivity index (χ1) is 6.81. The number of hydrogen-bond donors (Lipinski definition) is 0. The molecular weight excluding hydrogens is 182 g/mol. The van der Waals surface area contributed by atoms with Crippen LogP contribution in [0.25, 0.3) is 0 Å². The van der Waals surface area contributed by atoms with Crippen LogP contribution in [-0.4, -0.2) is 37.5 Å². The quantitative estimate of drug-likeness (QED) is 0.588. The fourth-order valence-electron chi connectivity index (χ4n) is 1.99. The van der Waals surface area contributed by atoms with Gasteiger partial charge in [-0.25, -0.2) is 4.79 Å². The van der Waals surface area contributed by atoms with Crippen molar-refractivity contribution in [2.75, 3.05) is 13.7 Å². The fraction of sp³-hybridized carbons (Fsp3) is 0.800. The molecule has 4 nitrogen and oxygen atoms in total. The minimum atomic E-state index is -0.427. The van der Waals surface area contributed by atoms with Gasteiger partial charge in [0.25, 0.3) is 0 Å². The highest BCUT2D eigenvalue weighted by molar-refractivity contribution is 5.92. The predicted octanol–water partition coefficient (Wildman–Crippen LogP) is 0.942. The monoisotopic (exact) mass is 197 g/mol. The van der Waals surface area contributed by atoms with Gasteiger partial charge in [0.05, 0.1) is 19.8 Å². The lowest BCUT2D eigenvalue weighted by Crippen LogP contribution is -2.40. The highest BCUT2D eigenvalue weighted by Gasteiger charge is 2.30. The molecule has 0 saturated heterocycles. The Morgan fingerprint density at radius 2 is 2.43 bits per heavy atom. The van der Waals surface area contributed by atoms with Gasteiger partial charge in [-0.15, -0.1) is 0 Å². The van der Waals surface area contributed by atoms with Gasteiger partial charge in [0, 0.05) is 5.71 Å². The summed E-state index contributed by atoms with van der Waals surface area (Å²) in [5.74, 6) is -0.290. The normalized spacial score (nSPS) is 31.6. The van der Waals surface area contributed by atoms with Crippen LogP contribution in [0.15, 0.2) is 4.99 Å². The molecule has 0 radical (unpaired) electrons. The van der Waals surface area contributed by atoms with Crippen molar-refractivity contribution in [1.29, 1.82) is 0 Å². The molecule has 0 aromatic rings. The number of methoxy groups -OCH3 is 1. The zero-order valence-corrected chi connectivity index (χ0v) is 8.36. The summed E-state index contributed by atoms with van der Waals surface area (Å²) in [5, 5.41) is 0. The number of esters is 1. The summed E-state index contributed by atoms with van der Waals surface area (Å²) in [5.41, 5.74) is 1.05. The molecule has 0 amide bonds. The van der Waals surface area contributed by atoms with Crippen molar-refractivity contribution in [2.45, 2.75) is 37.8 Å². The Morgan fingerprint density at radius 3 is 3.21 bits per heavy atom. The number of carbonyl (C=O) groups is 1. The van der Waals surface area contributed by atoms with Gasteiger partial charge in [0.1, 0.15) is 0 Å². The van der Waals surface area contributed by atoms with Crippen LogP contribution in [0.3, 0.4) is 0 Å². The Kier molecular flexibility index (Phi) is 2.82. The fourth-order valence-corrected chi connectivity index (χ4v) is 1.99. The van der Waals surface area contributed by atoms with Crippen molar-refractivity contribution in [3.63, 3.8) is 0 Å². The van der Waals surface area contributed by atoms with Gasteiger partial charge in [-0.2, -0.15) is 0 Å². The van der Waals surface area contributed by atoms with Crippen LogP contribution in [0.4, 0.5) is 0 Å². The lowest BCUT2D eigenvalue weighted by molar-refractivity contribution is -0.144. The number of rotatable bonds is 1. The Hall–Kier alpha value is -0.900. The molecule has 2 aliphatic rings. The van der Waals surface area contributed by atoms with E-state index in [1.165, 1.54) is 13.5 Å². The van der Waals surface area contributed by atoms with Crippen LogP contribution in [0.5, 0.6) is 0 Å². The molecule has 2 unspecified atom stereocenters. The maximum absolute atomic E-state index is 11.2. The van der Waals surface area contributed by atoms with Crippen LogP contribution >= 0.6 is 0 Å². The molecule has 1 aliphatic heterocycles. The van der Waals surface area contributed by atoms with E-state index < -0.39 is 6.04 Å². The van der Waals surface area contributed by atoms with Gasteiger partial charge in [-0.1, -0.05) is 6.42 Å². The maximum Gasteiger partial charge on any atom is 0.333 e. The number of carbonyl (C=O) groups excluding carboxylic acids is 1. The van der Waals surface area contributed by atoms with Gasteiger partial charge in [-0.3, -0.25) is 4.99 Å². The maximum atomic E-state index is 11.2. The molecule has 0 N–H and O–H groups in total. The van der Waals surface area contributed by atoms with E-state index in [1.807, 2.05) is 0 Å². The second-order valence-electron chi connectivity index (χ2n) is 3.73. The third-order valence-corrected chi connectivity index (χ3v) is 2.77. The van der Waals surface area contributed by atoms with E-state index in [-0.39, 0.29) is 12.1 Å². The van der Waals surface area contributed by atoms with Crippen molar-refractivity contribution >= 4 is 11.7 Å². The van der Waals surface area contributed by atoms with Crippen molar-refractivity contribution in [3.8, 4) is 0 Å². The summed E-state index contributed by atoms with van der Waals surface area (Å²) in [6.07, 6.45) is 4.55. The molecule has 4 heteroatoms. The average molecular weight is 197 g/mol. The first-order valence-electron chi connectivity index (χ1n) is 5.07. The zero-order chi connectivity index (χ0) is 9.97. The first kappa shape index (κ1) is 9.65. The van der Waals surface area contributed by atoms with Crippen molar-refractivity contribution in [1.82, 2.24) is 0 Å². The Labute approximate surface area is 83.3 Å². The summed E-state index contributed by atoms with van der Waals surface area (Å²) < 4.78 is 10.2. The molecule has 14 heavy (non-hydrogen) atoms. The van der Waals surface area contributed by atoms with E-state index in [9.17, 15) is 4.79 Å². The van der Waals surface area contributed by atoms with Gasteiger partial charge >= 0.3 is 5.97 Å². The summed E-state index contributed by atoms with van der Waals surface area (Å²) in [6, 6.07) is -0.427. The molecule has 1 heterocycles. The third-order valence-electron chi connectivity index (χ3n) is 2.77. The molecule has 2 atom stereocenters. The molecule has 1 aliphatic carbocycles. The highest BCUT2D eigenvalue weighted by Crippen LogP contribution is 2.23. The van der Waals surface area contributed by atoms with Crippen LogP contribution in [-0.2, 0) is 14.3 Å². The number of nitrogens with zero attached hydrogens (tertiary/aromatic N) is 1. The molecule has 0 bridgehead atoms. The third kappa shape index (κ3) is 1.80. The van der Waals surface area contributed by atoms with Gasteiger partial charge in [-0.05, 0) is 19.3 Å². The van der Waals surface area contributed by atoms with Gasteiger partial charge < -0.3 is 9.47 Å². The summed E-state index contributed by atoms with van der Waals surface area (Å²) >= 11 is 0. The Balaban J connectivity index is 2.08.